The number of ether oxygens (including phenoxy) is 1. The molecule has 0 spiro atoms. The lowest BCUT2D eigenvalue weighted by atomic mass is 10.0. The number of nitriles is 1. The van der Waals surface area contributed by atoms with Crippen LogP contribution in [0, 0.1) is 22.7 Å². The fraction of sp³-hybridized carbons (Fsp3) is 0.227. The predicted octanol–water partition coefficient (Wildman–Crippen LogP) is 2.83. The monoisotopic (exact) mass is 456 g/mol. The summed E-state index contributed by atoms with van der Waals surface area (Å²) in [5.41, 5.74) is 11.7. The van der Waals surface area contributed by atoms with Gasteiger partial charge in [-0.15, -0.1) is 0 Å². The number of carbonyl (C=O) groups excluding carboxylic acids is 1. The number of nitrogens with two attached hydrogens (primary N) is 2. The van der Waals surface area contributed by atoms with Crippen molar-refractivity contribution in [3.05, 3.63) is 70.3 Å². The highest BCUT2D eigenvalue weighted by atomic mass is 35.5. The zero-order chi connectivity index (χ0) is 23.3. The maximum atomic E-state index is 13.2. The first-order chi connectivity index (χ1) is 15.3. The summed E-state index contributed by atoms with van der Waals surface area (Å²) in [5, 5.41) is 20.7. The number of hydrogen-bond donors (Lipinski definition) is 4. The average Bonchev–Trinajstić information content (AvgIpc) is 2.76. The summed E-state index contributed by atoms with van der Waals surface area (Å²) in [5.74, 6) is -0.640. The Morgan fingerprint density at radius 2 is 2.00 bits per heavy atom. The maximum Gasteiger partial charge on any atom is 0.254 e. The quantitative estimate of drug-likeness (QED) is 0.287. The first-order valence-electron chi connectivity index (χ1n) is 9.81. The second-order valence-electron chi connectivity index (χ2n) is 7.26. The van der Waals surface area contributed by atoms with Crippen molar-refractivity contribution >= 4 is 23.2 Å². The first kappa shape index (κ1) is 22.9. The molecule has 166 valence electrons. The van der Waals surface area contributed by atoms with Crippen LogP contribution >= 0.6 is 11.6 Å². The number of nitrogens with one attached hydrogen (secondary N) is 2. The summed E-state index contributed by atoms with van der Waals surface area (Å²) in [4.78, 5) is 13.7. The van der Waals surface area contributed by atoms with E-state index in [0.29, 0.717) is 24.4 Å². The maximum absolute atomic E-state index is 13.2. The van der Waals surface area contributed by atoms with E-state index >= 15 is 0 Å². The van der Waals surface area contributed by atoms with Gasteiger partial charge in [0.05, 0.1) is 10.7 Å². The van der Waals surface area contributed by atoms with E-state index in [9.17, 15) is 9.18 Å². The van der Waals surface area contributed by atoms with Crippen LogP contribution in [0.3, 0.4) is 0 Å². The van der Waals surface area contributed by atoms with E-state index in [1.807, 2.05) is 0 Å². The molecule has 0 radical (unpaired) electrons. The fourth-order valence-corrected chi connectivity index (χ4v) is 3.59. The molecule has 1 amide bonds. The van der Waals surface area contributed by atoms with Crippen molar-refractivity contribution in [1.29, 1.82) is 10.7 Å². The number of hydrogen-bond acceptors (Lipinski definition) is 7. The van der Waals surface area contributed by atoms with E-state index in [4.69, 9.17) is 38.5 Å². The molecular formula is C22H22ClFN6O2. The molecule has 1 atom stereocenters. The molecule has 0 aliphatic carbocycles. The predicted molar refractivity (Wildman–Crippen MR) is 119 cm³/mol. The number of likely N-dealkylation sites (tertiary alicyclic amines) is 1. The van der Waals surface area contributed by atoms with Gasteiger partial charge >= 0.3 is 0 Å². The van der Waals surface area contributed by atoms with Crippen molar-refractivity contribution in [3.8, 4) is 17.7 Å². The minimum absolute atomic E-state index is 0.00860. The van der Waals surface area contributed by atoms with E-state index in [-0.39, 0.29) is 33.9 Å². The summed E-state index contributed by atoms with van der Waals surface area (Å²) in [6.45, 7) is 1.13. The fourth-order valence-electron chi connectivity index (χ4n) is 3.39. The van der Waals surface area contributed by atoms with E-state index < -0.39 is 11.7 Å². The second kappa shape index (κ2) is 10.0. The Kier molecular flexibility index (Phi) is 7.18. The Morgan fingerprint density at radius 3 is 2.62 bits per heavy atom. The van der Waals surface area contributed by atoms with Gasteiger partial charge in [0.25, 0.3) is 5.91 Å². The summed E-state index contributed by atoms with van der Waals surface area (Å²) in [7, 11) is 0. The second-order valence-corrected chi connectivity index (χ2v) is 7.67. The minimum Gasteiger partial charge on any atom is -0.456 e. The summed E-state index contributed by atoms with van der Waals surface area (Å²) < 4.78 is 18.8. The van der Waals surface area contributed by atoms with Crippen LogP contribution in [0.15, 0.2) is 53.9 Å². The first-order valence-corrected chi connectivity index (χ1v) is 10.2. The third-order valence-corrected chi connectivity index (χ3v) is 5.25. The van der Waals surface area contributed by atoms with Crippen LogP contribution in [0.1, 0.15) is 18.4 Å². The highest BCUT2D eigenvalue weighted by Crippen LogP contribution is 2.30. The molecular weight excluding hydrogens is 435 g/mol. The van der Waals surface area contributed by atoms with E-state index in [2.05, 4.69) is 11.5 Å². The smallest absolute Gasteiger partial charge is 0.254 e. The van der Waals surface area contributed by atoms with Gasteiger partial charge in [0.15, 0.2) is 6.19 Å². The van der Waals surface area contributed by atoms with Gasteiger partial charge in [-0.05, 0) is 55.3 Å². The largest absolute Gasteiger partial charge is 0.456 e. The van der Waals surface area contributed by atoms with Crippen LogP contribution < -0.4 is 21.5 Å². The van der Waals surface area contributed by atoms with Crippen LogP contribution in [0.25, 0.3) is 0 Å². The van der Waals surface area contributed by atoms with E-state index in [0.717, 1.165) is 18.9 Å². The standard InChI is InChI=1S/C22H22ClFN6O2/c23-17-10-14(24)5-8-18(17)32-16-6-3-13(4-7-16)20(26)19(22(28)31)21(27)29-15-2-1-9-30(11-15)12-25/h3-8,10,15,26,29H,1-2,9,11,27H2,(H2,28,31)/b21-19+,26-20?/t15-/m1/s1. The zero-order valence-electron chi connectivity index (χ0n) is 17.1. The van der Waals surface area contributed by atoms with Gasteiger partial charge in [0, 0.05) is 24.7 Å². The molecule has 1 saturated heterocycles. The highest BCUT2D eigenvalue weighted by molar-refractivity contribution is 6.32. The van der Waals surface area contributed by atoms with Gasteiger partial charge in [-0.1, -0.05) is 11.6 Å². The number of nitrogens with zero attached hydrogens (tertiary/aromatic N) is 2. The molecule has 0 unspecified atom stereocenters. The van der Waals surface area contributed by atoms with Crippen LogP contribution in [0.4, 0.5) is 4.39 Å². The van der Waals surface area contributed by atoms with Crippen LogP contribution in [0.2, 0.25) is 5.02 Å². The van der Waals surface area contributed by atoms with Crippen molar-refractivity contribution in [2.45, 2.75) is 18.9 Å². The van der Waals surface area contributed by atoms with Crippen molar-refractivity contribution in [3.63, 3.8) is 0 Å². The Balaban J connectivity index is 1.76. The Hall–Kier alpha value is -3.77. The van der Waals surface area contributed by atoms with Crippen molar-refractivity contribution in [2.24, 2.45) is 11.5 Å². The molecule has 0 bridgehead atoms. The highest BCUT2D eigenvalue weighted by Gasteiger charge is 2.23. The molecule has 2 aromatic rings. The van der Waals surface area contributed by atoms with Gasteiger partial charge in [-0.25, -0.2) is 4.39 Å². The number of amides is 1. The molecule has 2 aromatic carbocycles. The molecule has 6 N–H and O–H groups in total. The number of halogens is 2. The molecule has 0 aromatic heterocycles. The summed E-state index contributed by atoms with van der Waals surface area (Å²) in [6, 6.07) is 9.95. The number of rotatable bonds is 7. The van der Waals surface area contributed by atoms with Gasteiger partial charge in [0.1, 0.15) is 28.7 Å². The number of primary amides is 1. The lowest BCUT2D eigenvalue weighted by molar-refractivity contribution is -0.114. The molecule has 32 heavy (non-hydrogen) atoms. The summed E-state index contributed by atoms with van der Waals surface area (Å²) >= 11 is 5.97. The molecule has 10 heteroatoms. The van der Waals surface area contributed by atoms with Crippen LogP contribution in [-0.4, -0.2) is 35.7 Å². The molecule has 1 aliphatic rings. The molecule has 8 nitrogen and oxygen atoms in total. The molecule has 1 aliphatic heterocycles. The lowest BCUT2D eigenvalue weighted by Gasteiger charge is -2.30. The topological polar surface area (TPSA) is 141 Å². The molecule has 1 fully saturated rings. The zero-order valence-corrected chi connectivity index (χ0v) is 17.8. The van der Waals surface area contributed by atoms with Crippen molar-refractivity contribution in [1.82, 2.24) is 10.2 Å². The van der Waals surface area contributed by atoms with E-state index in [1.54, 1.807) is 29.2 Å². The number of piperidine rings is 1. The molecule has 0 saturated carbocycles. The van der Waals surface area contributed by atoms with Gasteiger partial charge in [-0.3, -0.25) is 10.2 Å². The van der Waals surface area contributed by atoms with Crippen molar-refractivity contribution < 1.29 is 13.9 Å². The van der Waals surface area contributed by atoms with E-state index in [1.165, 1.54) is 12.1 Å². The Bertz CT molecular complexity index is 1100. The Labute approximate surface area is 189 Å². The number of benzene rings is 2. The lowest BCUT2D eigenvalue weighted by Crippen LogP contribution is -2.46. The third kappa shape index (κ3) is 5.47. The van der Waals surface area contributed by atoms with Gasteiger partial charge in [-0.2, -0.15) is 5.26 Å². The van der Waals surface area contributed by atoms with Gasteiger partial charge < -0.3 is 26.4 Å². The van der Waals surface area contributed by atoms with Crippen LogP contribution in [-0.2, 0) is 4.79 Å². The molecule has 3 rings (SSSR count). The van der Waals surface area contributed by atoms with Crippen molar-refractivity contribution in [2.75, 3.05) is 13.1 Å². The molecule has 1 heterocycles. The summed E-state index contributed by atoms with van der Waals surface area (Å²) in [6.07, 6.45) is 3.68. The van der Waals surface area contributed by atoms with Gasteiger partial charge in [0.2, 0.25) is 0 Å². The average molecular weight is 457 g/mol. The Morgan fingerprint density at radius 1 is 1.28 bits per heavy atom. The van der Waals surface area contributed by atoms with Crippen LogP contribution in [0.5, 0.6) is 11.5 Å². The normalized spacial score (nSPS) is 16.5. The minimum atomic E-state index is -0.841. The number of carbonyl (C=O) groups is 1. The SMILES string of the molecule is N#CN1CCC[C@@H](N/C(N)=C(\C(=N)c2ccc(Oc3ccc(F)cc3Cl)cc2)C(N)=O)C1. The third-order valence-electron chi connectivity index (χ3n) is 4.95.